The molecule has 0 bridgehead atoms. The van der Waals surface area contributed by atoms with Crippen molar-refractivity contribution >= 4 is 17.2 Å². The topological polar surface area (TPSA) is 32.3 Å². The highest BCUT2D eigenvalue weighted by Crippen LogP contribution is 2.40. The first-order valence-corrected chi connectivity index (χ1v) is 9.08. The van der Waals surface area contributed by atoms with Crippen LogP contribution in [0.15, 0.2) is 17.5 Å². The molecule has 3 nitrogen and oxygen atoms in total. The highest BCUT2D eigenvalue weighted by atomic mass is 32.1. The first-order valence-electron chi connectivity index (χ1n) is 8.20. The molecule has 4 unspecified atom stereocenters. The molecule has 0 radical (unpaired) electrons. The van der Waals surface area contributed by atoms with Gasteiger partial charge in [-0.25, -0.2) is 0 Å². The number of carbonyl (C=O) groups excluding carboxylic acids is 1. The Hall–Kier alpha value is -0.870. The summed E-state index contributed by atoms with van der Waals surface area (Å²) >= 11 is 1.75. The van der Waals surface area contributed by atoms with Gasteiger partial charge in [-0.1, -0.05) is 32.8 Å². The van der Waals surface area contributed by atoms with Gasteiger partial charge in [0, 0.05) is 10.9 Å². The molecule has 4 heteroatoms. The van der Waals surface area contributed by atoms with E-state index in [9.17, 15) is 4.79 Å². The van der Waals surface area contributed by atoms with Crippen LogP contribution < -0.4 is 5.32 Å². The molecule has 2 fully saturated rings. The summed E-state index contributed by atoms with van der Waals surface area (Å²) in [6.45, 7) is 6.47. The Morgan fingerprint density at radius 2 is 2.19 bits per heavy atom. The van der Waals surface area contributed by atoms with Gasteiger partial charge in [0.05, 0.1) is 5.54 Å². The highest BCUT2D eigenvalue weighted by molar-refractivity contribution is 7.10. The van der Waals surface area contributed by atoms with Crippen molar-refractivity contribution in [2.45, 2.75) is 70.6 Å². The molecule has 1 amide bonds. The Morgan fingerprint density at radius 1 is 1.43 bits per heavy atom. The summed E-state index contributed by atoms with van der Waals surface area (Å²) < 4.78 is 0. The molecular weight excluding hydrogens is 280 g/mol. The fourth-order valence-corrected chi connectivity index (χ4v) is 4.57. The van der Waals surface area contributed by atoms with Crippen molar-refractivity contribution in [2.75, 3.05) is 0 Å². The minimum absolute atomic E-state index is 0.0630. The SMILES string of the molecule is CCC1(C)NC(c2cccs2)N(C2CCCCC2C)C1=O. The zero-order chi connectivity index (χ0) is 15.0. The molecule has 1 saturated heterocycles. The molecular formula is C17H26N2OS. The summed E-state index contributed by atoms with van der Waals surface area (Å²) in [5, 5.41) is 5.73. The van der Waals surface area contributed by atoms with Crippen LogP contribution in [0.1, 0.15) is 63.9 Å². The van der Waals surface area contributed by atoms with Crippen molar-refractivity contribution in [1.82, 2.24) is 10.2 Å². The summed E-state index contributed by atoms with van der Waals surface area (Å²) in [4.78, 5) is 16.5. The van der Waals surface area contributed by atoms with E-state index in [1.807, 2.05) is 0 Å². The first kappa shape index (κ1) is 15.0. The summed E-state index contributed by atoms with van der Waals surface area (Å²) in [6.07, 6.45) is 5.85. The monoisotopic (exact) mass is 306 g/mol. The minimum atomic E-state index is -0.411. The normalized spacial score (nSPS) is 37.2. The molecule has 1 saturated carbocycles. The molecule has 1 aliphatic heterocycles. The fourth-order valence-electron chi connectivity index (χ4n) is 3.80. The van der Waals surface area contributed by atoms with Crippen LogP contribution >= 0.6 is 11.3 Å². The van der Waals surface area contributed by atoms with E-state index in [4.69, 9.17) is 0 Å². The van der Waals surface area contributed by atoms with E-state index in [2.05, 4.69) is 48.5 Å². The van der Waals surface area contributed by atoms with Crippen molar-refractivity contribution in [2.24, 2.45) is 5.92 Å². The average Bonchev–Trinajstić information content (AvgIpc) is 3.09. The van der Waals surface area contributed by atoms with E-state index in [-0.39, 0.29) is 6.17 Å². The lowest BCUT2D eigenvalue weighted by Gasteiger charge is -2.39. The summed E-state index contributed by atoms with van der Waals surface area (Å²) in [7, 11) is 0. The third-order valence-electron chi connectivity index (χ3n) is 5.38. The molecule has 21 heavy (non-hydrogen) atoms. The predicted molar refractivity (Wildman–Crippen MR) is 87.2 cm³/mol. The maximum atomic E-state index is 13.1. The van der Waals surface area contributed by atoms with Crippen LogP contribution in [0.25, 0.3) is 0 Å². The Morgan fingerprint density at radius 3 is 2.81 bits per heavy atom. The minimum Gasteiger partial charge on any atom is -0.317 e. The van der Waals surface area contributed by atoms with E-state index < -0.39 is 5.54 Å². The van der Waals surface area contributed by atoms with E-state index in [0.717, 1.165) is 12.8 Å². The summed E-state index contributed by atoms with van der Waals surface area (Å²) in [6, 6.07) is 4.62. The number of rotatable bonds is 3. The Labute approximate surface area is 131 Å². The molecule has 116 valence electrons. The van der Waals surface area contributed by atoms with E-state index in [1.54, 1.807) is 11.3 Å². The third kappa shape index (κ3) is 2.53. The van der Waals surface area contributed by atoms with Crippen molar-refractivity contribution in [3.63, 3.8) is 0 Å². The number of hydrogen-bond acceptors (Lipinski definition) is 3. The maximum Gasteiger partial charge on any atom is 0.244 e. The second-order valence-electron chi connectivity index (χ2n) is 6.79. The van der Waals surface area contributed by atoms with Crippen LogP contribution in [0.3, 0.4) is 0 Å². The molecule has 1 N–H and O–H groups in total. The van der Waals surface area contributed by atoms with Gasteiger partial charge in [-0.3, -0.25) is 10.1 Å². The molecule has 1 aromatic rings. The summed E-state index contributed by atoms with van der Waals surface area (Å²) in [5.74, 6) is 0.897. The van der Waals surface area contributed by atoms with Crippen LogP contribution in [0, 0.1) is 5.92 Å². The van der Waals surface area contributed by atoms with E-state index >= 15 is 0 Å². The number of nitrogens with zero attached hydrogens (tertiary/aromatic N) is 1. The Bertz CT molecular complexity index is 501. The standard InChI is InChI=1S/C17H26N2OS/c1-4-17(3)16(20)19(13-9-6-5-8-12(13)2)15(18-17)14-10-7-11-21-14/h7,10-13,15,18H,4-6,8-9H2,1-3H3. The van der Waals surface area contributed by atoms with Crippen LogP contribution in [0.4, 0.5) is 0 Å². The lowest BCUT2D eigenvalue weighted by molar-refractivity contribution is -0.137. The smallest absolute Gasteiger partial charge is 0.244 e. The van der Waals surface area contributed by atoms with E-state index in [1.165, 1.54) is 24.1 Å². The van der Waals surface area contributed by atoms with Crippen molar-refractivity contribution < 1.29 is 4.79 Å². The van der Waals surface area contributed by atoms with Gasteiger partial charge < -0.3 is 4.90 Å². The molecule has 2 heterocycles. The van der Waals surface area contributed by atoms with Crippen molar-refractivity contribution in [3.05, 3.63) is 22.4 Å². The second kappa shape index (κ2) is 5.73. The van der Waals surface area contributed by atoms with Gasteiger partial charge >= 0.3 is 0 Å². The zero-order valence-corrected chi connectivity index (χ0v) is 14.1. The third-order valence-corrected chi connectivity index (χ3v) is 6.31. The van der Waals surface area contributed by atoms with Crippen LogP contribution in [0.2, 0.25) is 0 Å². The zero-order valence-electron chi connectivity index (χ0n) is 13.3. The number of carbonyl (C=O) groups is 1. The van der Waals surface area contributed by atoms with Gasteiger partial charge in [0.15, 0.2) is 0 Å². The van der Waals surface area contributed by atoms with Gasteiger partial charge in [0.25, 0.3) is 0 Å². The first-order chi connectivity index (χ1) is 10.1. The second-order valence-corrected chi connectivity index (χ2v) is 7.77. The van der Waals surface area contributed by atoms with Gasteiger partial charge in [-0.2, -0.15) is 0 Å². The van der Waals surface area contributed by atoms with Gasteiger partial charge in [0.2, 0.25) is 5.91 Å². The van der Waals surface area contributed by atoms with Gasteiger partial charge in [0.1, 0.15) is 6.17 Å². The van der Waals surface area contributed by atoms with Crippen molar-refractivity contribution in [3.8, 4) is 0 Å². The van der Waals surface area contributed by atoms with E-state index in [0.29, 0.717) is 17.9 Å². The predicted octanol–water partition coefficient (Wildman–Crippen LogP) is 3.93. The number of nitrogens with one attached hydrogen (secondary N) is 1. The molecule has 4 atom stereocenters. The Kier molecular flexibility index (Phi) is 4.10. The lowest BCUT2D eigenvalue weighted by Crippen LogP contribution is -2.47. The van der Waals surface area contributed by atoms with Crippen LogP contribution in [-0.4, -0.2) is 22.4 Å². The average molecular weight is 306 g/mol. The van der Waals surface area contributed by atoms with Crippen LogP contribution in [-0.2, 0) is 4.79 Å². The van der Waals surface area contributed by atoms with Crippen molar-refractivity contribution in [1.29, 1.82) is 0 Å². The molecule has 1 aliphatic carbocycles. The Balaban J connectivity index is 1.95. The summed E-state index contributed by atoms with van der Waals surface area (Å²) in [5.41, 5.74) is -0.411. The highest BCUT2D eigenvalue weighted by Gasteiger charge is 2.50. The van der Waals surface area contributed by atoms with Gasteiger partial charge in [-0.05, 0) is 43.6 Å². The van der Waals surface area contributed by atoms with Crippen LogP contribution in [0.5, 0.6) is 0 Å². The van der Waals surface area contributed by atoms with Gasteiger partial charge in [-0.15, -0.1) is 11.3 Å². The fraction of sp³-hybridized carbons (Fsp3) is 0.706. The number of thiophene rings is 1. The number of hydrogen-bond donors (Lipinski definition) is 1. The molecule has 0 spiro atoms. The largest absolute Gasteiger partial charge is 0.317 e. The lowest BCUT2D eigenvalue weighted by atomic mass is 9.84. The quantitative estimate of drug-likeness (QED) is 0.918. The number of amides is 1. The molecule has 2 aliphatic rings. The maximum absolute atomic E-state index is 13.1. The molecule has 0 aromatic carbocycles. The molecule has 1 aromatic heterocycles. The molecule has 3 rings (SSSR count).